The molecule has 2 rings (SSSR count). The van der Waals surface area contributed by atoms with Crippen molar-refractivity contribution in [1.82, 2.24) is 0 Å². The Morgan fingerprint density at radius 3 is 2.29 bits per heavy atom. The summed E-state index contributed by atoms with van der Waals surface area (Å²) in [6.07, 6.45) is -0.111. The molecular formula is C19H24O5. The lowest BCUT2D eigenvalue weighted by molar-refractivity contribution is -0.132. The molecule has 2 N–H and O–H groups in total. The van der Waals surface area contributed by atoms with Gasteiger partial charge in [-0.3, -0.25) is 9.59 Å². The zero-order valence-electron chi connectivity index (χ0n) is 14.5. The molecule has 0 saturated heterocycles. The molecule has 3 unspecified atom stereocenters. The highest BCUT2D eigenvalue weighted by atomic mass is 16.5. The van der Waals surface area contributed by atoms with Crippen LogP contribution in [-0.2, 0) is 9.59 Å². The molecule has 0 fully saturated rings. The number of hydrogen-bond donors (Lipinski definition) is 2. The van der Waals surface area contributed by atoms with Gasteiger partial charge < -0.3 is 14.9 Å². The average molecular weight is 332 g/mol. The third-order valence-electron chi connectivity index (χ3n) is 4.52. The average Bonchev–Trinajstić information content (AvgIpc) is 2.45. The maximum atomic E-state index is 12.2. The molecule has 3 atom stereocenters. The van der Waals surface area contributed by atoms with Gasteiger partial charge in [0.1, 0.15) is 17.3 Å². The summed E-state index contributed by atoms with van der Waals surface area (Å²) < 4.78 is 5.41. The molecule has 5 heteroatoms. The van der Waals surface area contributed by atoms with Gasteiger partial charge >= 0.3 is 0 Å². The highest BCUT2D eigenvalue weighted by molar-refractivity contribution is 5.97. The number of carbonyl (C=O) groups excluding carboxylic acids is 2. The zero-order chi connectivity index (χ0) is 18.1. The standard InChI is InChI=1S/C19H24O5/c1-5-24-14-8-6-13(7-9-14)17-16(11(2)20)15(22)10-19(4,23)18(17)12(3)21/h6-9,17-18,22-23H,5,10H2,1-4H3. The van der Waals surface area contributed by atoms with Crippen molar-refractivity contribution in [2.45, 2.75) is 45.6 Å². The number of Topliss-reactive ketones (excluding diaryl/α,β-unsaturated/α-hetero) is 2. The molecule has 0 aliphatic heterocycles. The molecule has 1 aromatic rings. The van der Waals surface area contributed by atoms with Crippen LogP contribution in [0.5, 0.6) is 5.75 Å². The topological polar surface area (TPSA) is 83.8 Å². The maximum absolute atomic E-state index is 12.2. The Morgan fingerprint density at radius 1 is 1.25 bits per heavy atom. The number of ether oxygens (including phenoxy) is 1. The van der Waals surface area contributed by atoms with Crippen LogP contribution in [0.15, 0.2) is 35.6 Å². The zero-order valence-corrected chi connectivity index (χ0v) is 14.5. The predicted molar refractivity (Wildman–Crippen MR) is 90.1 cm³/mol. The maximum Gasteiger partial charge on any atom is 0.159 e. The Bertz CT molecular complexity index is 670. The second-order valence-electron chi connectivity index (χ2n) is 6.52. The minimum atomic E-state index is -1.42. The smallest absolute Gasteiger partial charge is 0.159 e. The first-order valence-corrected chi connectivity index (χ1v) is 8.07. The summed E-state index contributed by atoms with van der Waals surface area (Å²) in [5.74, 6) is -1.47. The lowest BCUT2D eigenvalue weighted by atomic mass is 9.64. The highest BCUT2D eigenvalue weighted by Gasteiger charge is 2.49. The Kier molecular flexibility index (Phi) is 5.13. The van der Waals surface area contributed by atoms with Crippen LogP contribution in [-0.4, -0.2) is 34.0 Å². The second kappa shape index (κ2) is 6.77. The van der Waals surface area contributed by atoms with E-state index in [2.05, 4.69) is 0 Å². The van der Waals surface area contributed by atoms with Gasteiger partial charge in [0.2, 0.25) is 0 Å². The SMILES string of the molecule is CCOc1ccc(C2C(C(C)=O)=C(O)CC(C)(O)C2C(C)=O)cc1. The molecule has 0 bridgehead atoms. The van der Waals surface area contributed by atoms with E-state index in [0.29, 0.717) is 17.9 Å². The number of allylic oxidation sites excluding steroid dienone is 1. The van der Waals surface area contributed by atoms with Gasteiger partial charge in [0.25, 0.3) is 0 Å². The molecule has 5 nitrogen and oxygen atoms in total. The van der Waals surface area contributed by atoms with E-state index in [1.807, 2.05) is 6.92 Å². The van der Waals surface area contributed by atoms with Crippen molar-refractivity contribution in [3.63, 3.8) is 0 Å². The molecular weight excluding hydrogens is 308 g/mol. The van der Waals surface area contributed by atoms with Crippen LogP contribution in [0.1, 0.15) is 45.6 Å². The van der Waals surface area contributed by atoms with E-state index >= 15 is 0 Å². The lowest BCUT2D eigenvalue weighted by Gasteiger charge is -2.42. The number of hydrogen-bond acceptors (Lipinski definition) is 5. The largest absolute Gasteiger partial charge is 0.512 e. The number of ketones is 2. The van der Waals surface area contributed by atoms with E-state index < -0.39 is 17.4 Å². The molecule has 1 aliphatic rings. The highest BCUT2D eigenvalue weighted by Crippen LogP contribution is 2.47. The van der Waals surface area contributed by atoms with Crippen molar-refractivity contribution in [3.05, 3.63) is 41.2 Å². The summed E-state index contributed by atoms with van der Waals surface area (Å²) in [5.41, 5.74) is -0.528. The van der Waals surface area contributed by atoms with Crippen LogP contribution < -0.4 is 4.74 Å². The molecule has 0 spiro atoms. The molecule has 0 radical (unpaired) electrons. The summed E-state index contributed by atoms with van der Waals surface area (Å²) in [5, 5.41) is 21.0. The molecule has 24 heavy (non-hydrogen) atoms. The number of aliphatic hydroxyl groups excluding tert-OH is 1. The Hall–Kier alpha value is -2.14. The van der Waals surface area contributed by atoms with Crippen molar-refractivity contribution in [3.8, 4) is 5.75 Å². The van der Waals surface area contributed by atoms with Gasteiger partial charge in [-0.2, -0.15) is 0 Å². The molecule has 1 aliphatic carbocycles. The van der Waals surface area contributed by atoms with E-state index in [1.165, 1.54) is 20.8 Å². The van der Waals surface area contributed by atoms with Gasteiger partial charge in [0.05, 0.1) is 18.1 Å². The van der Waals surface area contributed by atoms with Gasteiger partial charge in [-0.25, -0.2) is 0 Å². The second-order valence-corrected chi connectivity index (χ2v) is 6.52. The van der Waals surface area contributed by atoms with Crippen molar-refractivity contribution in [2.24, 2.45) is 5.92 Å². The van der Waals surface area contributed by atoms with Crippen LogP contribution in [0.3, 0.4) is 0 Å². The van der Waals surface area contributed by atoms with Gasteiger partial charge in [0.15, 0.2) is 5.78 Å². The third-order valence-corrected chi connectivity index (χ3v) is 4.52. The summed E-state index contributed by atoms with van der Waals surface area (Å²) in [6, 6.07) is 7.05. The van der Waals surface area contributed by atoms with Crippen LogP contribution in [0.25, 0.3) is 0 Å². The van der Waals surface area contributed by atoms with Crippen LogP contribution in [0.4, 0.5) is 0 Å². The summed E-state index contributed by atoms with van der Waals surface area (Å²) in [7, 11) is 0. The monoisotopic (exact) mass is 332 g/mol. The number of aliphatic hydroxyl groups is 2. The first-order valence-electron chi connectivity index (χ1n) is 8.07. The van der Waals surface area contributed by atoms with E-state index in [9.17, 15) is 19.8 Å². The third kappa shape index (κ3) is 3.36. The number of benzene rings is 1. The van der Waals surface area contributed by atoms with Gasteiger partial charge in [0, 0.05) is 17.9 Å². The molecule has 0 saturated carbocycles. The summed E-state index contributed by atoms with van der Waals surface area (Å²) in [4.78, 5) is 24.3. The van der Waals surface area contributed by atoms with E-state index in [4.69, 9.17) is 4.74 Å². The molecule has 130 valence electrons. The molecule has 0 aromatic heterocycles. The normalized spacial score (nSPS) is 27.0. The predicted octanol–water partition coefficient (Wildman–Crippen LogP) is 2.93. The fourth-order valence-electron chi connectivity index (χ4n) is 3.64. The minimum Gasteiger partial charge on any atom is -0.512 e. The van der Waals surface area contributed by atoms with E-state index in [1.54, 1.807) is 24.3 Å². The number of rotatable bonds is 5. The molecule has 0 amide bonds. The van der Waals surface area contributed by atoms with Crippen molar-refractivity contribution >= 4 is 11.6 Å². The van der Waals surface area contributed by atoms with Crippen molar-refractivity contribution < 1.29 is 24.5 Å². The van der Waals surface area contributed by atoms with Gasteiger partial charge in [-0.1, -0.05) is 12.1 Å². The number of carbonyl (C=O) groups is 2. The van der Waals surface area contributed by atoms with Crippen molar-refractivity contribution in [2.75, 3.05) is 6.61 Å². The molecule has 0 heterocycles. The lowest BCUT2D eigenvalue weighted by Crippen LogP contribution is -2.47. The first kappa shape index (κ1) is 18.2. The van der Waals surface area contributed by atoms with Crippen LogP contribution in [0, 0.1) is 5.92 Å². The van der Waals surface area contributed by atoms with Gasteiger partial charge in [-0.15, -0.1) is 0 Å². The molecule has 1 aromatic carbocycles. The van der Waals surface area contributed by atoms with Gasteiger partial charge in [-0.05, 0) is 45.4 Å². The minimum absolute atomic E-state index is 0.111. The summed E-state index contributed by atoms with van der Waals surface area (Å²) >= 11 is 0. The van der Waals surface area contributed by atoms with E-state index in [0.717, 1.165) is 0 Å². The van der Waals surface area contributed by atoms with Crippen LogP contribution in [0.2, 0.25) is 0 Å². The summed E-state index contributed by atoms with van der Waals surface area (Å²) in [6.45, 7) is 6.71. The van der Waals surface area contributed by atoms with E-state index in [-0.39, 0.29) is 29.3 Å². The van der Waals surface area contributed by atoms with Crippen LogP contribution >= 0.6 is 0 Å². The first-order chi connectivity index (χ1) is 11.2. The van der Waals surface area contributed by atoms with Crippen molar-refractivity contribution in [1.29, 1.82) is 0 Å². The fourth-order valence-corrected chi connectivity index (χ4v) is 3.64. The quantitative estimate of drug-likeness (QED) is 0.866. The Labute approximate surface area is 142 Å². The Morgan fingerprint density at radius 2 is 1.83 bits per heavy atom. The Balaban J connectivity index is 2.59. The fraction of sp³-hybridized carbons (Fsp3) is 0.474.